The van der Waals surface area contributed by atoms with E-state index in [9.17, 15) is 4.79 Å². The summed E-state index contributed by atoms with van der Waals surface area (Å²) in [4.78, 5) is 15.9. The number of nitrogens with one attached hydrogen (secondary N) is 1. The maximum Gasteiger partial charge on any atom is 0.241 e. The molecule has 0 aromatic carbocycles. The van der Waals surface area contributed by atoms with E-state index in [1.54, 1.807) is 37.2 Å². The van der Waals surface area contributed by atoms with Gasteiger partial charge in [-0.05, 0) is 24.5 Å². The number of aromatic nitrogens is 1. The van der Waals surface area contributed by atoms with Crippen LogP contribution >= 0.6 is 11.8 Å². The molecule has 0 saturated heterocycles. The summed E-state index contributed by atoms with van der Waals surface area (Å²) in [5.41, 5.74) is 6.38. The van der Waals surface area contributed by atoms with E-state index in [0.29, 0.717) is 31.2 Å². The number of pyridine rings is 1. The predicted molar refractivity (Wildman–Crippen MR) is 81.2 cm³/mol. The Morgan fingerprint density at radius 2 is 2.30 bits per heavy atom. The Labute approximate surface area is 123 Å². The van der Waals surface area contributed by atoms with Crippen molar-refractivity contribution in [3.05, 3.63) is 18.3 Å². The SMILES string of the molecule is COCCOc1ccc(NC(=O)[C@@H](N)CCSC)cn1. The molecule has 112 valence electrons. The Kier molecular flexibility index (Phi) is 8.01. The fourth-order valence-electron chi connectivity index (χ4n) is 1.38. The lowest BCUT2D eigenvalue weighted by Gasteiger charge is -2.11. The number of rotatable bonds is 9. The van der Waals surface area contributed by atoms with Crippen molar-refractivity contribution in [3.8, 4) is 5.88 Å². The van der Waals surface area contributed by atoms with E-state index in [2.05, 4.69) is 10.3 Å². The van der Waals surface area contributed by atoms with Crippen LogP contribution in [0.2, 0.25) is 0 Å². The second kappa shape index (κ2) is 9.57. The molecule has 0 saturated carbocycles. The zero-order chi connectivity index (χ0) is 14.8. The van der Waals surface area contributed by atoms with Crippen LogP contribution in [0.5, 0.6) is 5.88 Å². The maximum atomic E-state index is 11.8. The molecule has 0 bridgehead atoms. The van der Waals surface area contributed by atoms with Crippen LogP contribution in [0.1, 0.15) is 6.42 Å². The molecule has 0 unspecified atom stereocenters. The molecule has 1 amide bonds. The lowest BCUT2D eigenvalue weighted by atomic mass is 10.2. The minimum Gasteiger partial charge on any atom is -0.475 e. The maximum absolute atomic E-state index is 11.8. The fraction of sp³-hybridized carbons (Fsp3) is 0.538. The molecule has 1 aromatic rings. The predicted octanol–water partition coefficient (Wildman–Crippen LogP) is 1.13. The monoisotopic (exact) mass is 299 g/mol. The molecule has 0 aliphatic heterocycles. The number of hydrogen-bond donors (Lipinski definition) is 2. The molecule has 0 aliphatic rings. The van der Waals surface area contributed by atoms with Gasteiger partial charge in [-0.3, -0.25) is 4.79 Å². The van der Waals surface area contributed by atoms with E-state index in [4.69, 9.17) is 15.2 Å². The van der Waals surface area contributed by atoms with Crippen molar-refractivity contribution in [1.82, 2.24) is 4.98 Å². The highest BCUT2D eigenvalue weighted by molar-refractivity contribution is 7.98. The molecular weight excluding hydrogens is 278 g/mol. The minimum atomic E-state index is -0.500. The van der Waals surface area contributed by atoms with Gasteiger partial charge in [0.1, 0.15) is 6.61 Å². The number of amides is 1. The normalized spacial score (nSPS) is 11.9. The van der Waals surface area contributed by atoms with Gasteiger partial charge < -0.3 is 20.5 Å². The van der Waals surface area contributed by atoms with Gasteiger partial charge in [0.15, 0.2) is 0 Å². The summed E-state index contributed by atoms with van der Waals surface area (Å²) < 4.78 is 10.2. The average Bonchev–Trinajstić information content (AvgIpc) is 2.46. The van der Waals surface area contributed by atoms with Crippen LogP contribution in [0.4, 0.5) is 5.69 Å². The third kappa shape index (κ3) is 6.23. The van der Waals surface area contributed by atoms with Crippen molar-refractivity contribution in [2.45, 2.75) is 12.5 Å². The summed E-state index contributed by atoms with van der Waals surface area (Å²) in [6.45, 7) is 0.944. The first-order chi connectivity index (χ1) is 9.67. The smallest absolute Gasteiger partial charge is 0.241 e. The number of methoxy groups -OCH3 is 1. The van der Waals surface area contributed by atoms with Gasteiger partial charge in [-0.2, -0.15) is 11.8 Å². The third-order valence-corrected chi connectivity index (χ3v) is 3.15. The molecule has 7 heteroatoms. The van der Waals surface area contributed by atoms with Gasteiger partial charge in [0.25, 0.3) is 0 Å². The summed E-state index contributed by atoms with van der Waals surface area (Å²) in [6.07, 6.45) is 4.18. The zero-order valence-corrected chi connectivity index (χ0v) is 12.6. The summed E-state index contributed by atoms with van der Waals surface area (Å²) >= 11 is 1.67. The molecule has 1 aromatic heterocycles. The summed E-state index contributed by atoms with van der Waals surface area (Å²) in [5, 5.41) is 2.73. The number of carbonyl (C=O) groups excluding carboxylic acids is 1. The Bertz CT molecular complexity index is 400. The quantitative estimate of drug-likeness (QED) is 0.665. The molecule has 0 radical (unpaired) electrons. The molecule has 6 nitrogen and oxygen atoms in total. The zero-order valence-electron chi connectivity index (χ0n) is 11.8. The van der Waals surface area contributed by atoms with Crippen LogP contribution < -0.4 is 15.8 Å². The van der Waals surface area contributed by atoms with Crippen molar-refractivity contribution >= 4 is 23.4 Å². The number of ether oxygens (including phenoxy) is 2. The van der Waals surface area contributed by atoms with E-state index in [1.807, 2.05) is 6.26 Å². The van der Waals surface area contributed by atoms with Crippen molar-refractivity contribution in [1.29, 1.82) is 0 Å². The Morgan fingerprint density at radius 3 is 2.90 bits per heavy atom. The van der Waals surface area contributed by atoms with Gasteiger partial charge in [-0.1, -0.05) is 0 Å². The van der Waals surface area contributed by atoms with Gasteiger partial charge >= 0.3 is 0 Å². The number of thioether (sulfide) groups is 1. The largest absolute Gasteiger partial charge is 0.475 e. The molecule has 1 rings (SSSR count). The minimum absolute atomic E-state index is 0.200. The Morgan fingerprint density at radius 1 is 1.50 bits per heavy atom. The van der Waals surface area contributed by atoms with Crippen LogP contribution in [-0.2, 0) is 9.53 Å². The number of nitrogens with two attached hydrogens (primary N) is 1. The Hall–Kier alpha value is -1.31. The standard InChI is InChI=1S/C13H21N3O3S/c1-18-6-7-19-12-4-3-10(9-15-12)16-13(17)11(14)5-8-20-2/h3-4,9,11H,5-8,14H2,1-2H3,(H,16,17)/t11-/m0/s1. The highest BCUT2D eigenvalue weighted by Crippen LogP contribution is 2.12. The highest BCUT2D eigenvalue weighted by atomic mass is 32.2. The van der Waals surface area contributed by atoms with Crippen LogP contribution in [0, 0.1) is 0 Å². The van der Waals surface area contributed by atoms with Crippen molar-refractivity contribution in [2.24, 2.45) is 5.73 Å². The van der Waals surface area contributed by atoms with E-state index in [1.165, 1.54) is 0 Å². The first-order valence-corrected chi connectivity index (χ1v) is 7.70. The van der Waals surface area contributed by atoms with Crippen LogP contribution in [-0.4, -0.2) is 49.3 Å². The van der Waals surface area contributed by atoms with Gasteiger partial charge in [-0.25, -0.2) is 4.98 Å². The molecule has 20 heavy (non-hydrogen) atoms. The molecule has 0 fully saturated rings. The molecule has 1 heterocycles. The average molecular weight is 299 g/mol. The van der Waals surface area contributed by atoms with Crippen molar-refractivity contribution in [2.75, 3.05) is 37.6 Å². The Balaban J connectivity index is 2.42. The van der Waals surface area contributed by atoms with Gasteiger partial charge in [0, 0.05) is 13.2 Å². The van der Waals surface area contributed by atoms with Gasteiger partial charge in [0.2, 0.25) is 11.8 Å². The summed E-state index contributed by atoms with van der Waals surface area (Å²) in [7, 11) is 1.61. The lowest BCUT2D eigenvalue weighted by Crippen LogP contribution is -2.36. The van der Waals surface area contributed by atoms with Gasteiger partial charge in [0.05, 0.1) is 24.5 Å². The van der Waals surface area contributed by atoms with Gasteiger partial charge in [-0.15, -0.1) is 0 Å². The lowest BCUT2D eigenvalue weighted by molar-refractivity contribution is -0.117. The first kappa shape index (κ1) is 16.7. The third-order valence-electron chi connectivity index (χ3n) is 2.51. The summed E-state index contributed by atoms with van der Waals surface area (Å²) in [6, 6.07) is 2.92. The number of hydrogen-bond acceptors (Lipinski definition) is 6. The van der Waals surface area contributed by atoms with E-state index < -0.39 is 6.04 Å². The van der Waals surface area contributed by atoms with Crippen molar-refractivity contribution in [3.63, 3.8) is 0 Å². The number of carbonyl (C=O) groups is 1. The van der Waals surface area contributed by atoms with E-state index >= 15 is 0 Å². The highest BCUT2D eigenvalue weighted by Gasteiger charge is 2.13. The van der Waals surface area contributed by atoms with Crippen LogP contribution in [0.25, 0.3) is 0 Å². The molecule has 1 atom stereocenters. The van der Waals surface area contributed by atoms with E-state index in [0.717, 1.165) is 5.75 Å². The first-order valence-electron chi connectivity index (χ1n) is 6.30. The second-order valence-electron chi connectivity index (χ2n) is 4.10. The van der Waals surface area contributed by atoms with Crippen LogP contribution in [0.15, 0.2) is 18.3 Å². The fourth-order valence-corrected chi connectivity index (χ4v) is 1.87. The molecule has 0 aliphatic carbocycles. The number of nitrogens with zero attached hydrogens (tertiary/aromatic N) is 1. The van der Waals surface area contributed by atoms with E-state index in [-0.39, 0.29) is 5.91 Å². The second-order valence-corrected chi connectivity index (χ2v) is 5.09. The molecule has 0 spiro atoms. The molecular formula is C13H21N3O3S. The number of anilines is 1. The summed E-state index contributed by atoms with van der Waals surface area (Å²) in [5.74, 6) is 1.15. The molecule has 3 N–H and O–H groups in total. The topological polar surface area (TPSA) is 86.5 Å². The van der Waals surface area contributed by atoms with Crippen molar-refractivity contribution < 1.29 is 14.3 Å². The van der Waals surface area contributed by atoms with Crippen LogP contribution in [0.3, 0.4) is 0 Å².